The summed E-state index contributed by atoms with van der Waals surface area (Å²) in [6.45, 7) is 2.28. The molecule has 0 aromatic rings. The van der Waals surface area contributed by atoms with E-state index in [1.807, 2.05) is 0 Å². The molecule has 0 saturated carbocycles. The van der Waals surface area contributed by atoms with Gasteiger partial charge in [0, 0.05) is 19.6 Å². The SMILES string of the molecule is NCCNCCO.O=C(O)CCC(=O)O.O=C(O)CCC(=O)O. The average Bonchev–Trinajstić information content (AvgIpc) is 2.45. The molecule has 0 aromatic heterocycles. The second-order valence-corrected chi connectivity index (χ2v) is 3.84. The van der Waals surface area contributed by atoms with E-state index in [0.717, 1.165) is 6.54 Å². The monoisotopic (exact) mass is 340 g/mol. The van der Waals surface area contributed by atoms with Crippen LogP contribution in [0.3, 0.4) is 0 Å². The zero-order valence-corrected chi connectivity index (χ0v) is 12.6. The lowest BCUT2D eigenvalue weighted by atomic mass is 10.3. The molecule has 0 atom stereocenters. The number of nitrogens with two attached hydrogens (primary N) is 1. The van der Waals surface area contributed by atoms with Gasteiger partial charge in [0.2, 0.25) is 0 Å². The molecule has 136 valence electrons. The van der Waals surface area contributed by atoms with Crippen LogP contribution in [0.25, 0.3) is 0 Å². The molecule has 23 heavy (non-hydrogen) atoms. The standard InChI is InChI=1S/C4H12N2O.2C4H6O4/c5-1-2-6-3-4-7;2*5-3(6)1-2-4(7)8/h6-7H,1-5H2;2*1-2H2,(H,5,6)(H,7,8). The molecule has 0 aliphatic rings. The van der Waals surface area contributed by atoms with Gasteiger partial charge in [0.1, 0.15) is 0 Å². The second kappa shape index (κ2) is 19.8. The summed E-state index contributed by atoms with van der Waals surface area (Å²) in [5.74, 6) is -4.31. The van der Waals surface area contributed by atoms with Gasteiger partial charge in [-0.1, -0.05) is 0 Å². The van der Waals surface area contributed by atoms with Gasteiger partial charge in [-0.15, -0.1) is 0 Å². The first-order chi connectivity index (χ1) is 10.7. The first-order valence-corrected chi connectivity index (χ1v) is 6.56. The van der Waals surface area contributed by atoms with E-state index in [9.17, 15) is 19.2 Å². The first kappa shape index (κ1) is 25.7. The Labute approximate surface area is 132 Å². The number of carboxylic acids is 4. The minimum Gasteiger partial charge on any atom is -0.481 e. The predicted octanol–water partition coefficient (Wildman–Crippen LogP) is -1.60. The van der Waals surface area contributed by atoms with Gasteiger partial charge in [-0.3, -0.25) is 19.2 Å². The predicted molar refractivity (Wildman–Crippen MR) is 78.0 cm³/mol. The summed E-state index contributed by atoms with van der Waals surface area (Å²) in [7, 11) is 0. The van der Waals surface area contributed by atoms with E-state index in [1.54, 1.807) is 0 Å². The van der Waals surface area contributed by atoms with Crippen molar-refractivity contribution < 1.29 is 44.7 Å². The van der Waals surface area contributed by atoms with E-state index in [4.69, 9.17) is 31.3 Å². The van der Waals surface area contributed by atoms with Crippen molar-refractivity contribution in [1.82, 2.24) is 5.32 Å². The minimum absolute atomic E-state index is 0.194. The maximum atomic E-state index is 9.64. The summed E-state index contributed by atoms with van der Waals surface area (Å²) >= 11 is 0. The van der Waals surface area contributed by atoms with Gasteiger partial charge in [-0.2, -0.15) is 0 Å². The third kappa shape index (κ3) is 45.1. The highest BCUT2D eigenvalue weighted by molar-refractivity contribution is 5.75. The molecule has 0 aliphatic heterocycles. The van der Waals surface area contributed by atoms with Crippen LogP contribution in [0.5, 0.6) is 0 Å². The van der Waals surface area contributed by atoms with Crippen molar-refractivity contribution in [2.24, 2.45) is 5.73 Å². The third-order valence-corrected chi connectivity index (χ3v) is 1.72. The Balaban J connectivity index is -0.000000262. The first-order valence-electron chi connectivity index (χ1n) is 6.56. The van der Waals surface area contributed by atoms with Crippen LogP contribution in [-0.4, -0.2) is 75.7 Å². The number of aliphatic hydroxyl groups excluding tert-OH is 1. The van der Waals surface area contributed by atoms with Crippen molar-refractivity contribution in [2.45, 2.75) is 25.7 Å². The summed E-state index contributed by atoms with van der Waals surface area (Å²) < 4.78 is 0. The molecule has 11 heteroatoms. The van der Waals surface area contributed by atoms with Gasteiger partial charge < -0.3 is 36.6 Å². The lowest BCUT2D eigenvalue weighted by Gasteiger charge is -1.95. The summed E-state index contributed by atoms with van der Waals surface area (Å²) in [5.41, 5.74) is 5.13. The minimum atomic E-state index is -1.08. The highest BCUT2D eigenvalue weighted by Gasteiger charge is 2.01. The summed E-state index contributed by atoms with van der Waals surface area (Å²) in [4.78, 5) is 38.6. The van der Waals surface area contributed by atoms with Crippen molar-refractivity contribution in [3.8, 4) is 0 Å². The highest BCUT2D eigenvalue weighted by atomic mass is 16.4. The summed E-state index contributed by atoms with van der Waals surface area (Å²) in [6, 6.07) is 0. The van der Waals surface area contributed by atoms with Crippen molar-refractivity contribution in [2.75, 3.05) is 26.2 Å². The molecule has 0 aromatic carbocycles. The van der Waals surface area contributed by atoms with Crippen LogP contribution in [-0.2, 0) is 19.2 Å². The van der Waals surface area contributed by atoms with Gasteiger partial charge >= 0.3 is 23.9 Å². The molecule has 0 amide bonds. The molecular weight excluding hydrogens is 316 g/mol. The van der Waals surface area contributed by atoms with Crippen LogP contribution < -0.4 is 11.1 Å². The van der Waals surface area contributed by atoms with E-state index >= 15 is 0 Å². The number of hydrogen-bond donors (Lipinski definition) is 7. The number of carboxylic acid groups (broad SMARTS) is 4. The fourth-order valence-electron chi connectivity index (χ4n) is 0.734. The van der Waals surface area contributed by atoms with Crippen molar-refractivity contribution in [3.63, 3.8) is 0 Å². The fourth-order valence-corrected chi connectivity index (χ4v) is 0.734. The molecular formula is C12H24N2O9. The van der Waals surface area contributed by atoms with E-state index in [2.05, 4.69) is 5.32 Å². The quantitative estimate of drug-likeness (QED) is 0.225. The second-order valence-electron chi connectivity index (χ2n) is 3.84. The lowest BCUT2D eigenvalue weighted by molar-refractivity contribution is -0.143. The van der Waals surface area contributed by atoms with E-state index in [0.29, 0.717) is 13.1 Å². The smallest absolute Gasteiger partial charge is 0.303 e. The summed E-state index contributed by atoms with van der Waals surface area (Å²) in [5, 5.41) is 42.7. The van der Waals surface area contributed by atoms with Gasteiger partial charge in [0.15, 0.2) is 0 Å². The maximum Gasteiger partial charge on any atom is 0.303 e. The van der Waals surface area contributed by atoms with E-state index < -0.39 is 23.9 Å². The molecule has 0 fully saturated rings. The number of carbonyl (C=O) groups is 4. The van der Waals surface area contributed by atoms with Gasteiger partial charge in [-0.25, -0.2) is 0 Å². The van der Waals surface area contributed by atoms with Crippen molar-refractivity contribution >= 4 is 23.9 Å². The normalized spacial score (nSPS) is 8.78. The van der Waals surface area contributed by atoms with Crippen molar-refractivity contribution in [1.29, 1.82) is 0 Å². The molecule has 0 aliphatic carbocycles. The third-order valence-electron chi connectivity index (χ3n) is 1.72. The Morgan fingerprint density at radius 2 is 1.00 bits per heavy atom. The number of aliphatic hydroxyl groups is 1. The van der Waals surface area contributed by atoms with Crippen LogP contribution >= 0.6 is 0 Å². The van der Waals surface area contributed by atoms with Crippen LogP contribution in [0.15, 0.2) is 0 Å². The van der Waals surface area contributed by atoms with Gasteiger partial charge in [0.25, 0.3) is 0 Å². The highest BCUT2D eigenvalue weighted by Crippen LogP contribution is 1.86. The molecule has 0 bridgehead atoms. The van der Waals surface area contributed by atoms with E-state index in [1.165, 1.54) is 0 Å². The van der Waals surface area contributed by atoms with Gasteiger partial charge in [0.05, 0.1) is 32.3 Å². The lowest BCUT2D eigenvalue weighted by Crippen LogP contribution is -2.24. The van der Waals surface area contributed by atoms with Crippen LogP contribution in [0.2, 0.25) is 0 Å². The molecule has 8 N–H and O–H groups in total. The fraction of sp³-hybridized carbons (Fsp3) is 0.667. The Morgan fingerprint density at radius 3 is 1.17 bits per heavy atom. The number of aliphatic carboxylic acids is 4. The molecule has 0 saturated heterocycles. The molecule has 11 nitrogen and oxygen atoms in total. The molecule has 0 heterocycles. The van der Waals surface area contributed by atoms with E-state index in [-0.39, 0.29) is 32.3 Å². The zero-order chi connectivity index (χ0) is 18.7. The van der Waals surface area contributed by atoms with Gasteiger partial charge in [-0.05, 0) is 0 Å². The Hall–Kier alpha value is -2.24. The molecule has 0 unspecified atom stereocenters. The number of rotatable bonds is 10. The molecule has 0 radical (unpaired) electrons. The van der Waals surface area contributed by atoms with Crippen molar-refractivity contribution in [3.05, 3.63) is 0 Å². The topological polar surface area (TPSA) is 207 Å². The Bertz CT molecular complexity index is 287. The average molecular weight is 340 g/mol. The number of nitrogens with one attached hydrogen (secondary N) is 1. The number of hydrogen-bond acceptors (Lipinski definition) is 7. The van der Waals surface area contributed by atoms with Crippen LogP contribution in [0.4, 0.5) is 0 Å². The molecule has 0 spiro atoms. The van der Waals surface area contributed by atoms with Crippen LogP contribution in [0.1, 0.15) is 25.7 Å². The molecule has 0 rings (SSSR count). The largest absolute Gasteiger partial charge is 0.481 e. The van der Waals surface area contributed by atoms with Crippen LogP contribution in [0, 0.1) is 0 Å². The maximum absolute atomic E-state index is 9.64. The summed E-state index contributed by atoms with van der Waals surface area (Å²) in [6.07, 6.45) is -1.19. The zero-order valence-electron chi connectivity index (χ0n) is 12.6. The Kier molecular flexibility index (Phi) is 22.1. The Morgan fingerprint density at radius 1 is 0.696 bits per heavy atom.